The maximum atomic E-state index is 11.4. The normalized spacial score (nSPS) is 10.7. The molecular weight excluding hydrogens is 264 g/mol. The maximum absolute atomic E-state index is 11.4. The second-order valence-corrected chi connectivity index (χ2v) is 4.94. The van der Waals surface area contributed by atoms with Crippen molar-refractivity contribution in [2.75, 3.05) is 0 Å². The van der Waals surface area contributed by atoms with Crippen LogP contribution in [-0.2, 0) is 6.42 Å². The minimum Gasteiger partial charge on any atom is -0.507 e. The second-order valence-electron chi connectivity index (χ2n) is 4.94. The van der Waals surface area contributed by atoms with E-state index in [4.69, 9.17) is 0 Å². The van der Waals surface area contributed by atoms with E-state index < -0.39 is 5.97 Å². The van der Waals surface area contributed by atoms with Crippen LogP contribution in [0.3, 0.4) is 0 Å². The number of aromatic hydroxyl groups is 1. The Morgan fingerprint density at radius 1 is 0.905 bits per heavy atom. The first kappa shape index (κ1) is 13.2. The van der Waals surface area contributed by atoms with E-state index in [9.17, 15) is 15.0 Å². The van der Waals surface area contributed by atoms with E-state index in [1.165, 1.54) is 0 Å². The van der Waals surface area contributed by atoms with E-state index in [0.717, 1.165) is 5.56 Å². The number of carboxylic acid groups (broad SMARTS) is 1. The molecule has 104 valence electrons. The Bertz CT molecular complexity index is 807. The number of carboxylic acids is 1. The summed E-state index contributed by atoms with van der Waals surface area (Å²) in [5.41, 5.74) is 1.87. The third kappa shape index (κ3) is 2.46. The Kier molecular flexibility index (Phi) is 3.32. The molecule has 3 heteroatoms. The Morgan fingerprint density at radius 3 is 2.19 bits per heavy atom. The molecule has 3 rings (SSSR count). The summed E-state index contributed by atoms with van der Waals surface area (Å²) in [5.74, 6) is -0.833. The lowest BCUT2D eigenvalue weighted by Gasteiger charge is -2.11. The number of carbonyl (C=O) groups is 1. The van der Waals surface area contributed by atoms with Gasteiger partial charge in [-0.25, -0.2) is 4.79 Å². The number of hydrogen-bond donors (Lipinski definition) is 2. The molecule has 2 N–H and O–H groups in total. The fourth-order valence-corrected chi connectivity index (χ4v) is 2.55. The summed E-state index contributed by atoms with van der Waals surface area (Å²) < 4.78 is 0. The summed E-state index contributed by atoms with van der Waals surface area (Å²) in [6.07, 6.45) is 0.498. The maximum Gasteiger partial charge on any atom is 0.336 e. The molecule has 0 aliphatic carbocycles. The van der Waals surface area contributed by atoms with Crippen LogP contribution in [0.4, 0.5) is 0 Å². The SMILES string of the molecule is O=C(O)c1cc(Cc2ccccc2)c(O)c2ccccc12. The van der Waals surface area contributed by atoms with Gasteiger partial charge in [0.15, 0.2) is 0 Å². The van der Waals surface area contributed by atoms with E-state index in [0.29, 0.717) is 22.8 Å². The molecule has 0 heterocycles. The Hall–Kier alpha value is -2.81. The molecule has 0 fully saturated rings. The van der Waals surface area contributed by atoms with Crippen LogP contribution in [0.25, 0.3) is 10.8 Å². The minimum atomic E-state index is -0.986. The Labute approximate surface area is 122 Å². The average Bonchev–Trinajstić information content (AvgIpc) is 2.51. The van der Waals surface area contributed by atoms with Crippen molar-refractivity contribution in [3.8, 4) is 5.75 Å². The van der Waals surface area contributed by atoms with Crippen molar-refractivity contribution in [3.05, 3.63) is 77.4 Å². The molecule has 0 atom stereocenters. The number of aromatic carboxylic acids is 1. The van der Waals surface area contributed by atoms with Crippen molar-refractivity contribution in [2.45, 2.75) is 6.42 Å². The molecule has 0 aliphatic heterocycles. The van der Waals surface area contributed by atoms with Gasteiger partial charge >= 0.3 is 5.97 Å². The van der Waals surface area contributed by atoms with Crippen LogP contribution >= 0.6 is 0 Å². The third-order valence-electron chi connectivity index (χ3n) is 3.56. The first-order valence-corrected chi connectivity index (χ1v) is 6.67. The van der Waals surface area contributed by atoms with Crippen LogP contribution in [0.2, 0.25) is 0 Å². The molecule has 0 saturated carbocycles. The predicted molar refractivity (Wildman–Crippen MR) is 81.8 cm³/mol. The van der Waals surface area contributed by atoms with Crippen molar-refractivity contribution in [1.29, 1.82) is 0 Å². The van der Waals surface area contributed by atoms with Crippen molar-refractivity contribution >= 4 is 16.7 Å². The number of benzene rings is 3. The summed E-state index contributed by atoms with van der Waals surface area (Å²) in [7, 11) is 0. The minimum absolute atomic E-state index is 0.152. The summed E-state index contributed by atoms with van der Waals surface area (Å²) >= 11 is 0. The molecule has 3 aromatic carbocycles. The molecule has 3 aromatic rings. The van der Waals surface area contributed by atoms with Gasteiger partial charge in [0, 0.05) is 11.8 Å². The highest BCUT2D eigenvalue weighted by Gasteiger charge is 2.15. The summed E-state index contributed by atoms with van der Waals surface area (Å²) in [4.78, 5) is 11.4. The highest BCUT2D eigenvalue weighted by atomic mass is 16.4. The number of phenolic OH excluding ortho intramolecular Hbond substituents is 1. The average molecular weight is 278 g/mol. The monoisotopic (exact) mass is 278 g/mol. The molecule has 0 aromatic heterocycles. The van der Waals surface area contributed by atoms with Gasteiger partial charge in [0.2, 0.25) is 0 Å². The van der Waals surface area contributed by atoms with Gasteiger partial charge in [-0.05, 0) is 22.6 Å². The smallest absolute Gasteiger partial charge is 0.336 e. The summed E-state index contributed by atoms with van der Waals surface area (Å²) in [6, 6.07) is 18.3. The summed E-state index contributed by atoms with van der Waals surface area (Å²) in [5, 5.41) is 20.9. The molecular formula is C18H14O3. The fraction of sp³-hybridized carbons (Fsp3) is 0.0556. The molecule has 0 unspecified atom stereocenters. The topological polar surface area (TPSA) is 57.5 Å². The quantitative estimate of drug-likeness (QED) is 0.765. The third-order valence-corrected chi connectivity index (χ3v) is 3.56. The van der Waals surface area contributed by atoms with Crippen LogP contribution in [0.5, 0.6) is 5.75 Å². The zero-order chi connectivity index (χ0) is 14.8. The van der Waals surface area contributed by atoms with E-state index in [1.807, 2.05) is 30.3 Å². The van der Waals surface area contributed by atoms with Gasteiger partial charge < -0.3 is 10.2 Å². The number of fused-ring (bicyclic) bond motifs is 1. The van der Waals surface area contributed by atoms with Gasteiger partial charge in [0.05, 0.1) is 5.56 Å². The highest BCUT2D eigenvalue weighted by molar-refractivity contribution is 6.06. The molecule has 0 bridgehead atoms. The van der Waals surface area contributed by atoms with Gasteiger partial charge in [0.25, 0.3) is 0 Å². The van der Waals surface area contributed by atoms with Gasteiger partial charge in [0.1, 0.15) is 5.75 Å². The van der Waals surface area contributed by atoms with Crippen molar-refractivity contribution in [2.24, 2.45) is 0 Å². The number of hydrogen-bond acceptors (Lipinski definition) is 2. The number of phenols is 1. The van der Waals surface area contributed by atoms with E-state index in [1.54, 1.807) is 30.3 Å². The van der Waals surface area contributed by atoms with E-state index in [-0.39, 0.29) is 11.3 Å². The van der Waals surface area contributed by atoms with Crippen LogP contribution in [0.1, 0.15) is 21.5 Å². The lowest BCUT2D eigenvalue weighted by Crippen LogP contribution is -2.00. The first-order chi connectivity index (χ1) is 10.2. The lowest BCUT2D eigenvalue weighted by molar-refractivity contribution is 0.0699. The number of rotatable bonds is 3. The summed E-state index contributed by atoms with van der Waals surface area (Å²) in [6.45, 7) is 0. The molecule has 3 nitrogen and oxygen atoms in total. The molecule has 0 spiro atoms. The Balaban J connectivity index is 2.19. The second kappa shape index (κ2) is 5.29. The zero-order valence-corrected chi connectivity index (χ0v) is 11.3. The van der Waals surface area contributed by atoms with Crippen LogP contribution in [0, 0.1) is 0 Å². The largest absolute Gasteiger partial charge is 0.507 e. The van der Waals surface area contributed by atoms with Crippen LogP contribution in [-0.4, -0.2) is 16.2 Å². The van der Waals surface area contributed by atoms with Gasteiger partial charge in [-0.15, -0.1) is 0 Å². The molecule has 21 heavy (non-hydrogen) atoms. The van der Waals surface area contributed by atoms with Crippen LogP contribution < -0.4 is 0 Å². The Morgan fingerprint density at radius 2 is 1.52 bits per heavy atom. The van der Waals surface area contributed by atoms with E-state index >= 15 is 0 Å². The van der Waals surface area contributed by atoms with Gasteiger partial charge in [-0.3, -0.25) is 0 Å². The lowest BCUT2D eigenvalue weighted by atomic mass is 9.95. The molecule has 0 amide bonds. The predicted octanol–water partition coefficient (Wildman–Crippen LogP) is 3.83. The van der Waals surface area contributed by atoms with Crippen molar-refractivity contribution in [1.82, 2.24) is 0 Å². The van der Waals surface area contributed by atoms with E-state index in [2.05, 4.69) is 0 Å². The fourth-order valence-electron chi connectivity index (χ4n) is 2.55. The molecule has 0 saturated heterocycles. The van der Waals surface area contributed by atoms with Gasteiger partial charge in [-0.1, -0.05) is 54.6 Å². The zero-order valence-electron chi connectivity index (χ0n) is 11.3. The van der Waals surface area contributed by atoms with Gasteiger partial charge in [-0.2, -0.15) is 0 Å². The molecule has 0 radical (unpaired) electrons. The molecule has 0 aliphatic rings. The van der Waals surface area contributed by atoms with Crippen molar-refractivity contribution < 1.29 is 15.0 Å². The first-order valence-electron chi connectivity index (χ1n) is 6.67. The standard InChI is InChI=1S/C18H14O3/c19-17-13(10-12-6-2-1-3-7-12)11-16(18(20)21)14-8-4-5-9-15(14)17/h1-9,11,19H,10H2,(H,20,21). The van der Waals surface area contributed by atoms with Crippen LogP contribution in [0.15, 0.2) is 60.7 Å². The highest BCUT2D eigenvalue weighted by Crippen LogP contribution is 2.33. The van der Waals surface area contributed by atoms with Crippen molar-refractivity contribution in [3.63, 3.8) is 0 Å².